The molecular formula is C11H19N3O3. The maximum Gasteiger partial charge on any atom is 0.243 e. The van der Waals surface area contributed by atoms with Gasteiger partial charge in [0.05, 0.1) is 0 Å². The minimum atomic E-state index is -0.643. The quantitative estimate of drug-likeness (QED) is 0.592. The molecule has 0 saturated carbocycles. The van der Waals surface area contributed by atoms with Gasteiger partial charge in [0.25, 0.3) is 0 Å². The first-order valence-corrected chi connectivity index (χ1v) is 5.84. The summed E-state index contributed by atoms with van der Waals surface area (Å²) in [6, 6.07) is -1.12. The lowest BCUT2D eigenvalue weighted by Crippen LogP contribution is -2.63. The van der Waals surface area contributed by atoms with Crippen molar-refractivity contribution in [1.29, 1.82) is 0 Å². The Morgan fingerprint density at radius 3 is 2.53 bits per heavy atom. The van der Waals surface area contributed by atoms with E-state index < -0.39 is 18.0 Å². The predicted molar refractivity (Wildman–Crippen MR) is 61.7 cm³/mol. The van der Waals surface area contributed by atoms with Gasteiger partial charge in [0.1, 0.15) is 12.1 Å². The molecule has 0 spiro atoms. The fourth-order valence-electron chi connectivity index (χ4n) is 1.77. The van der Waals surface area contributed by atoms with E-state index in [-0.39, 0.29) is 30.6 Å². The lowest BCUT2D eigenvalue weighted by molar-refractivity contribution is -0.138. The first-order chi connectivity index (χ1) is 7.95. The topological polar surface area (TPSA) is 101 Å². The lowest BCUT2D eigenvalue weighted by Gasteiger charge is -2.32. The maximum atomic E-state index is 11.8. The highest BCUT2D eigenvalue weighted by atomic mass is 16.2. The second-order valence-corrected chi connectivity index (χ2v) is 4.44. The Hall–Kier alpha value is -1.59. The van der Waals surface area contributed by atoms with Gasteiger partial charge in [0, 0.05) is 6.42 Å². The van der Waals surface area contributed by atoms with Crippen LogP contribution in [0.25, 0.3) is 0 Å². The molecule has 6 heteroatoms. The third-order valence-corrected chi connectivity index (χ3v) is 3.11. The van der Waals surface area contributed by atoms with E-state index in [1.807, 2.05) is 13.8 Å². The summed E-state index contributed by atoms with van der Waals surface area (Å²) in [6.45, 7) is 3.87. The smallest absolute Gasteiger partial charge is 0.243 e. The summed E-state index contributed by atoms with van der Waals surface area (Å²) in [5.41, 5.74) is 5.00. The molecule has 3 unspecified atom stereocenters. The van der Waals surface area contributed by atoms with Crippen molar-refractivity contribution in [2.75, 3.05) is 0 Å². The lowest BCUT2D eigenvalue weighted by atomic mass is 9.94. The number of carbonyl (C=O) groups is 3. The number of carbonyl (C=O) groups excluding carboxylic acids is 3. The van der Waals surface area contributed by atoms with Crippen molar-refractivity contribution in [3.05, 3.63) is 0 Å². The summed E-state index contributed by atoms with van der Waals surface area (Å²) in [7, 11) is 0. The van der Waals surface area contributed by atoms with Gasteiger partial charge < -0.3 is 16.4 Å². The number of hydrogen-bond acceptors (Lipinski definition) is 3. The third-order valence-electron chi connectivity index (χ3n) is 3.11. The second-order valence-electron chi connectivity index (χ2n) is 4.44. The molecule has 1 rings (SSSR count). The van der Waals surface area contributed by atoms with E-state index in [1.165, 1.54) is 0 Å². The fraction of sp³-hybridized carbons (Fsp3) is 0.727. The van der Waals surface area contributed by atoms with Gasteiger partial charge in [-0.3, -0.25) is 14.4 Å². The average Bonchev–Trinajstić information content (AvgIpc) is 2.28. The number of rotatable bonds is 5. The fourth-order valence-corrected chi connectivity index (χ4v) is 1.77. The highest BCUT2D eigenvalue weighted by Crippen LogP contribution is 2.13. The van der Waals surface area contributed by atoms with Crippen molar-refractivity contribution in [2.45, 2.75) is 45.2 Å². The van der Waals surface area contributed by atoms with Crippen molar-refractivity contribution >= 4 is 17.7 Å². The van der Waals surface area contributed by atoms with Crippen LogP contribution < -0.4 is 16.4 Å². The molecule has 6 nitrogen and oxygen atoms in total. The molecule has 0 aromatic carbocycles. The summed E-state index contributed by atoms with van der Waals surface area (Å²) in [5.74, 6) is -0.809. The maximum absolute atomic E-state index is 11.8. The largest absolute Gasteiger partial charge is 0.370 e. The Morgan fingerprint density at radius 2 is 2.00 bits per heavy atom. The molecule has 0 bridgehead atoms. The van der Waals surface area contributed by atoms with E-state index in [0.717, 1.165) is 6.42 Å². The van der Waals surface area contributed by atoms with Gasteiger partial charge in [-0.05, 0) is 12.3 Å². The van der Waals surface area contributed by atoms with Gasteiger partial charge in [-0.1, -0.05) is 20.3 Å². The molecule has 3 atom stereocenters. The molecule has 4 N–H and O–H groups in total. The van der Waals surface area contributed by atoms with E-state index in [1.54, 1.807) is 0 Å². The zero-order valence-corrected chi connectivity index (χ0v) is 10.2. The molecule has 0 aliphatic carbocycles. The average molecular weight is 241 g/mol. The van der Waals surface area contributed by atoms with Gasteiger partial charge in [-0.15, -0.1) is 0 Å². The Balaban J connectivity index is 2.58. The van der Waals surface area contributed by atoms with Crippen LogP contribution in [0.1, 0.15) is 33.1 Å². The molecule has 0 aromatic rings. The number of piperazine rings is 1. The Morgan fingerprint density at radius 1 is 1.35 bits per heavy atom. The molecule has 1 fully saturated rings. The van der Waals surface area contributed by atoms with Crippen LogP contribution in [0.5, 0.6) is 0 Å². The van der Waals surface area contributed by atoms with Crippen molar-refractivity contribution in [3.63, 3.8) is 0 Å². The number of primary amides is 1. The second kappa shape index (κ2) is 5.65. The van der Waals surface area contributed by atoms with Crippen LogP contribution in [0.15, 0.2) is 0 Å². The van der Waals surface area contributed by atoms with Gasteiger partial charge in [0.2, 0.25) is 17.7 Å². The van der Waals surface area contributed by atoms with Gasteiger partial charge in [-0.25, -0.2) is 0 Å². The molecule has 1 aliphatic heterocycles. The zero-order chi connectivity index (χ0) is 13.0. The standard InChI is InChI=1S/C11H19N3O3/c1-3-6(2)9-11(17)13-7(10(16)14-9)4-5-8(12)15/h6-7,9H,3-5H2,1-2H3,(H2,12,15)(H,13,17)(H,14,16). The van der Waals surface area contributed by atoms with Crippen LogP contribution in [0.3, 0.4) is 0 Å². The van der Waals surface area contributed by atoms with Crippen LogP contribution in [-0.4, -0.2) is 29.8 Å². The number of amides is 3. The molecular weight excluding hydrogens is 222 g/mol. The summed E-state index contributed by atoms with van der Waals surface area (Å²) in [4.78, 5) is 34.1. The van der Waals surface area contributed by atoms with Crippen molar-refractivity contribution in [2.24, 2.45) is 11.7 Å². The van der Waals surface area contributed by atoms with Crippen LogP contribution in [0.2, 0.25) is 0 Å². The molecule has 96 valence electrons. The van der Waals surface area contributed by atoms with Gasteiger partial charge >= 0.3 is 0 Å². The number of nitrogens with one attached hydrogen (secondary N) is 2. The normalized spacial score (nSPS) is 26.0. The monoisotopic (exact) mass is 241 g/mol. The Labute approximate surface area is 100 Å². The highest BCUT2D eigenvalue weighted by molar-refractivity contribution is 5.97. The van der Waals surface area contributed by atoms with Crippen molar-refractivity contribution in [3.8, 4) is 0 Å². The van der Waals surface area contributed by atoms with Crippen LogP contribution >= 0.6 is 0 Å². The summed E-state index contributed by atoms with van der Waals surface area (Å²) < 4.78 is 0. The zero-order valence-electron chi connectivity index (χ0n) is 10.2. The first-order valence-electron chi connectivity index (χ1n) is 5.84. The minimum absolute atomic E-state index is 0.0896. The molecule has 0 aromatic heterocycles. The van der Waals surface area contributed by atoms with E-state index in [4.69, 9.17) is 5.73 Å². The molecule has 17 heavy (non-hydrogen) atoms. The Bertz CT molecular complexity index is 330. The third kappa shape index (κ3) is 3.44. The summed E-state index contributed by atoms with van der Waals surface area (Å²) in [5, 5.41) is 5.32. The number of hydrogen-bond donors (Lipinski definition) is 3. The summed E-state index contributed by atoms with van der Waals surface area (Å²) in [6.07, 6.45) is 1.15. The Kier molecular flexibility index (Phi) is 4.48. The molecule has 1 saturated heterocycles. The highest BCUT2D eigenvalue weighted by Gasteiger charge is 2.35. The molecule has 1 aliphatic rings. The van der Waals surface area contributed by atoms with Gasteiger partial charge in [-0.2, -0.15) is 0 Å². The molecule has 1 heterocycles. The van der Waals surface area contributed by atoms with Crippen LogP contribution in [-0.2, 0) is 14.4 Å². The van der Waals surface area contributed by atoms with E-state index in [0.29, 0.717) is 0 Å². The van der Waals surface area contributed by atoms with Crippen molar-refractivity contribution < 1.29 is 14.4 Å². The van der Waals surface area contributed by atoms with Crippen LogP contribution in [0.4, 0.5) is 0 Å². The number of nitrogens with two attached hydrogens (primary N) is 1. The SMILES string of the molecule is CCC(C)C1NC(=O)C(CCC(N)=O)NC1=O. The summed E-state index contributed by atoms with van der Waals surface area (Å²) >= 11 is 0. The first kappa shape index (κ1) is 13.5. The van der Waals surface area contributed by atoms with E-state index in [9.17, 15) is 14.4 Å². The predicted octanol–water partition coefficient (Wildman–Crippen LogP) is -0.719. The molecule has 3 amide bonds. The van der Waals surface area contributed by atoms with E-state index in [2.05, 4.69) is 10.6 Å². The van der Waals surface area contributed by atoms with E-state index >= 15 is 0 Å². The van der Waals surface area contributed by atoms with Gasteiger partial charge in [0.15, 0.2) is 0 Å². The van der Waals surface area contributed by atoms with Crippen LogP contribution in [0, 0.1) is 5.92 Å². The minimum Gasteiger partial charge on any atom is -0.370 e. The van der Waals surface area contributed by atoms with Crippen molar-refractivity contribution in [1.82, 2.24) is 10.6 Å². The molecule has 0 radical (unpaired) electrons.